The summed E-state index contributed by atoms with van der Waals surface area (Å²) < 4.78 is 1.77. The molecule has 2 aromatic heterocycles. The Bertz CT molecular complexity index is 726. The molecule has 0 aromatic carbocycles. The summed E-state index contributed by atoms with van der Waals surface area (Å²) in [4.78, 5) is 17.0. The van der Waals surface area contributed by atoms with Crippen LogP contribution in [0.5, 0.6) is 0 Å². The Morgan fingerprint density at radius 2 is 2.17 bits per heavy atom. The van der Waals surface area contributed by atoms with Crippen LogP contribution in [-0.2, 0) is 7.05 Å². The molecule has 1 aliphatic heterocycles. The van der Waals surface area contributed by atoms with Gasteiger partial charge in [0.2, 0.25) is 0 Å². The van der Waals surface area contributed by atoms with E-state index < -0.39 is 0 Å². The van der Waals surface area contributed by atoms with Crippen LogP contribution in [0.4, 0.5) is 5.82 Å². The summed E-state index contributed by atoms with van der Waals surface area (Å²) in [6.45, 7) is 5.55. The van der Waals surface area contributed by atoms with Crippen molar-refractivity contribution in [2.24, 2.45) is 7.05 Å². The Kier molecular flexibility index (Phi) is 4.51. The molecule has 1 atom stereocenters. The summed E-state index contributed by atoms with van der Waals surface area (Å²) in [6, 6.07) is 4.02. The Morgan fingerprint density at radius 1 is 1.38 bits per heavy atom. The summed E-state index contributed by atoms with van der Waals surface area (Å²) in [5.41, 5.74) is 2.41. The van der Waals surface area contributed by atoms with E-state index in [1.165, 1.54) is 0 Å². The van der Waals surface area contributed by atoms with E-state index in [0.29, 0.717) is 0 Å². The molecule has 7 heteroatoms. The minimum absolute atomic E-state index is 0.0455. The molecule has 0 aliphatic carbocycles. The predicted octanol–water partition coefficient (Wildman–Crippen LogP) is 1.57. The molecule has 3 heterocycles. The van der Waals surface area contributed by atoms with Crippen LogP contribution < -0.4 is 4.90 Å². The number of aryl methyl sites for hydroxylation is 2. The summed E-state index contributed by atoms with van der Waals surface area (Å²) in [5.74, 6) is 0.917. The van der Waals surface area contributed by atoms with Gasteiger partial charge in [0, 0.05) is 45.1 Å². The van der Waals surface area contributed by atoms with Crippen LogP contribution in [0.2, 0.25) is 0 Å². The fourth-order valence-corrected chi connectivity index (χ4v) is 3.37. The normalized spacial score (nSPS) is 17.8. The second-order valence-corrected chi connectivity index (χ2v) is 6.41. The molecule has 0 radical (unpaired) electrons. The number of piperidine rings is 1. The van der Waals surface area contributed by atoms with Crippen molar-refractivity contribution in [3.63, 3.8) is 0 Å². The van der Waals surface area contributed by atoms with E-state index in [-0.39, 0.29) is 11.9 Å². The van der Waals surface area contributed by atoms with Crippen molar-refractivity contribution in [3.05, 3.63) is 35.3 Å². The van der Waals surface area contributed by atoms with E-state index in [2.05, 4.69) is 20.2 Å². The van der Waals surface area contributed by atoms with E-state index in [0.717, 1.165) is 48.7 Å². The maximum Gasteiger partial charge on any atom is 0.257 e. The van der Waals surface area contributed by atoms with Gasteiger partial charge < -0.3 is 9.80 Å². The van der Waals surface area contributed by atoms with Gasteiger partial charge in [-0.1, -0.05) is 0 Å². The standard InChI is InChI=1S/C17H24N6O/c1-12-16(13(2)22(4)20-12)17(24)21(3)14-7-6-10-23(11-14)15-8-5-9-18-19-15/h5,8-9,14H,6-7,10-11H2,1-4H3. The predicted molar refractivity (Wildman–Crippen MR) is 92.0 cm³/mol. The van der Waals surface area contributed by atoms with Gasteiger partial charge in [0.05, 0.1) is 11.3 Å². The zero-order chi connectivity index (χ0) is 17.3. The third-order valence-electron chi connectivity index (χ3n) is 4.87. The number of hydrogen-bond donors (Lipinski definition) is 0. The Labute approximate surface area is 142 Å². The van der Waals surface area contributed by atoms with Gasteiger partial charge in [-0.15, -0.1) is 5.10 Å². The molecular weight excluding hydrogens is 304 g/mol. The molecule has 1 fully saturated rings. The lowest BCUT2D eigenvalue weighted by atomic mass is 10.0. The number of amides is 1. The Hall–Kier alpha value is -2.44. The molecule has 1 aliphatic rings. The van der Waals surface area contributed by atoms with Gasteiger partial charge in [0.1, 0.15) is 0 Å². The van der Waals surface area contributed by atoms with Gasteiger partial charge in [0.25, 0.3) is 5.91 Å². The molecule has 3 rings (SSSR count). The number of hydrogen-bond acceptors (Lipinski definition) is 5. The minimum Gasteiger partial charge on any atom is -0.353 e. The van der Waals surface area contributed by atoms with Crippen molar-refractivity contribution in [1.29, 1.82) is 0 Å². The minimum atomic E-state index is 0.0455. The highest BCUT2D eigenvalue weighted by atomic mass is 16.2. The fourth-order valence-electron chi connectivity index (χ4n) is 3.37. The van der Waals surface area contributed by atoms with E-state index in [1.54, 1.807) is 10.9 Å². The summed E-state index contributed by atoms with van der Waals surface area (Å²) in [7, 11) is 3.76. The average molecular weight is 328 g/mol. The first-order chi connectivity index (χ1) is 11.5. The molecular formula is C17H24N6O. The van der Waals surface area contributed by atoms with Crippen molar-refractivity contribution in [2.45, 2.75) is 32.7 Å². The van der Waals surface area contributed by atoms with Gasteiger partial charge in [-0.2, -0.15) is 10.2 Å². The van der Waals surface area contributed by atoms with E-state index in [9.17, 15) is 4.79 Å². The van der Waals surface area contributed by atoms with E-state index in [4.69, 9.17) is 0 Å². The second-order valence-electron chi connectivity index (χ2n) is 6.41. The van der Waals surface area contributed by atoms with Crippen molar-refractivity contribution in [2.75, 3.05) is 25.0 Å². The summed E-state index contributed by atoms with van der Waals surface area (Å²) >= 11 is 0. The molecule has 1 amide bonds. The van der Waals surface area contributed by atoms with Crippen LogP contribution in [0, 0.1) is 13.8 Å². The average Bonchev–Trinajstić information content (AvgIpc) is 2.86. The first kappa shape index (κ1) is 16.4. The molecule has 1 unspecified atom stereocenters. The van der Waals surface area contributed by atoms with E-state index >= 15 is 0 Å². The fraction of sp³-hybridized carbons (Fsp3) is 0.529. The molecule has 0 N–H and O–H groups in total. The second kappa shape index (κ2) is 6.59. The van der Waals surface area contributed by atoms with Crippen LogP contribution in [0.25, 0.3) is 0 Å². The maximum atomic E-state index is 13.0. The number of likely N-dealkylation sites (N-methyl/N-ethyl adjacent to an activating group) is 1. The van der Waals surface area contributed by atoms with Crippen molar-refractivity contribution < 1.29 is 4.79 Å². The lowest BCUT2D eigenvalue weighted by Gasteiger charge is -2.38. The Morgan fingerprint density at radius 3 is 2.79 bits per heavy atom. The first-order valence-electron chi connectivity index (χ1n) is 8.29. The number of carbonyl (C=O) groups is 1. The lowest BCUT2D eigenvalue weighted by Crippen LogP contribution is -2.49. The lowest BCUT2D eigenvalue weighted by molar-refractivity contribution is 0.0715. The van der Waals surface area contributed by atoms with Crippen LogP contribution >= 0.6 is 0 Å². The highest BCUT2D eigenvalue weighted by Crippen LogP contribution is 2.22. The highest BCUT2D eigenvalue weighted by Gasteiger charge is 2.29. The number of nitrogens with zero attached hydrogens (tertiary/aromatic N) is 6. The third-order valence-corrected chi connectivity index (χ3v) is 4.87. The van der Waals surface area contributed by atoms with Crippen molar-refractivity contribution >= 4 is 11.7 Å². The quantitative estimate of drug-likeness (QED) is 0.855. The van der Waals surface area contributed by atoms with Crippen molar-refractivity contribution in [1.82, 2.24) is 24.9 Å². The number of anilines is 1. The topological polar surface area (TPSA) is 67.2 Å². The zero-order valence-corrected chi connectivity index (χ0v) is 14.7. The van der Waals surface area contributed by atoms with Gasteiger partial charge >= 0.3 is 0 Å². The number of rotatable bonds is 3. The maximum absolute atomic E-state index is 13.0. The Balaban J connectivity index is 1.77. The summed E-state index contributed by atoms with van der Waals surface area (Å²) in [5, 5.41) is 12.5. The van der Waals surface area contributed by atoms with Crippen LogP contribution in [0.15, 0.2) is 18.3 Å². The molecule has 1 saturated heterocycles. The SMILES string of the molecule is Cc1nn(C)c(C)c1C(=O)N(C)C1CCCN(c2cccnn2)C1. The highest BCUT2D eigenvalue weighted by molar-refractivity contribution is 5.96. The van der Waals surface area contributed by atoms with Crippen LogP contribution in [-0.4, -0.2) is 57.0 Å². The van der Waals surface area contributed by atoms with Gasteiger partial charge in [0.15, 0.2) is 5.82 Å². The third kappa shape index (κ3) is 2.98. The molecule has 0 saturated carbocycles. The smallest absolute Gasteiger partial charge is 0.257 e. The zero-order valence-electron chi connectivity index (χ0n) is 14.7. The molecule has 2 aromatic rings. The largest absolute Gasteiger partial charge is 0.353 e. The van der Waals surface area contributed by atoms with Gasteiger partial charge in [-0.3, -0.25) is 9.48 Å². The number of aromatic nitrogens is 4. The van der Waals surface area contributed by atoms with Crippen molar-refractivity contribution in [3.8, 4) is 0 Å². The van der Waals surface area contributed by atoms with Crippen LogP contribution in [0.1, 0.15) is 34.6 Å². The molecule has 0 spiro atoms. The van der Waals surface area contributed by atoms with Gasteiger partial charge in [-0.05, 0) is 38.8 Å². The van der Waals surface area contributed by atoms with Gasteiger partial charge in [-0.25, -0.2) is 0 Å². The molecule has 128 valence electrons. The monoisotopic (exact) mass is 328 g/mol. The molecule has 24 heavy (non-hydrogen) atoms. The first-order valence-corrected chi connectivity index (χ1v) is 8.29. The summed E-state index contributed by atoms with van der Waals surface area (Å²) in [6.07, 6.45) is 3.70. The number of carbonyl (C=O) groups excluding carboxylic acids is 1. The molecule has 7 nitrogen and oxygen atoms in total. The molecule has 0 bridgehead atoms. The van der Waals surface area contributed by atoms with Crippen LogP contribution in [0.3, 0.4) is 0 Å². The van der Waals surface area contributed by atoms with E-state index in [1.807, 2.05) is 45.0 Å².